The molecule has 0 aliphatic heterocycles. The summed E-state index contributed by atoms with van der Waals surface area (Å²) in [4.78, 5) is 4.78. The number of aryl methyl sites for hydroxylation is 2. The summed E-state index contributed by atoms with van der Waals surface area (Å²) in [5.41, 5.74) is 6.35. The molecular weight excluding hydrogens is 242 g/mol. The van der Waals surface area contributed by atoms with Gasteiger partial charge in [0.2, 0.25) is 0 Å². The van der Waals surface area contributed by atoms with Gasteiger partial charge in [0.25, 0.3) is 0 Å². The minimum atomic E-state index is -0.872. The van der Waals surface area contributed by atoms with Crippen LogP contribution < -0.4 is 5.73 Å². The normalized spacial score (nSPS) is 12.8. The van der Waals surface area contributed by atoms with Crippen molar-refractivity contribution < 1.29 is 8.78 Å². The zero-order valence-corrected chi connectivity index (χ0v) is 10.3. The average Bonchev–Trinajstić information content (AvgIpc) is 2.72. The maximum atomic E-state index is 13.7. The van der Waals surface area contributed by atoms with Gasteiger partial charge in [-0.2, -0.15) is 0 Å². The van der Waals surface area contributed by atoms with Gasteiger partial charge in [0.15, 0.2) is 11.6 Å². The monoisotopic (exact) mass is 254 g/mol. The Morgan fingerprint density at radius 1 is 1.24 bits per heavy atom. The number of nitrogens with two attached hydrogens (primary N) is 1. The molecule has 1 atom stereocenters. The Bertz CT molecular complexity index is 551. The van der Waals surface area contributed by atoms with E-state index in [0.29, 0.717) is 0 Å². The van der Waals surface area contributed by atoms with Gasteiger partial charge in [0.1, 0.15) is 0 Å². The molecule has 0 saturated heterocycles. The molecule has 90 valence electrons. The van der Waals surface area contributed by atoms with Crippen LogP contribution in [0, 0.1) is 25.5 Å². The topological polar surface area (TPSA) is 38.9 Å². The Labute approximate surface area is 102 Å². The highest BCUT2D eigenvalue weighted by atomic mass is 32.1. The molecule has 1 aromatic heterocycles. The van der Waals surface area contributed by atoms with Gasteiger partial charge in [-0.1, -0.05) is 12.1 Å². The summed E-state index contributed by atoms with van der Waals surface area (Å²) in [7, 11) is 0. The third-order valence-electron chi connectivity index (χ3n) is 2.59. The van der Waals surface area contributed by atoms with Crippen LogP contribution in [0.1, 0.15) is 27.1 Å². The van der Waals surface area contributed by atoms with Crippen LogP contribution in [0.15, 0.2) is 18.3 Å². The van der Waals surface area contributed by atoms with Crippen LogP contribution in [0.25, 0.3) is 0 Å². The van der Waals surface area contributed by atoms with Crippen molar-refractivity contribution in [2.75, 3.05) is 0 Å². The molecule has 0 aliphatic rings. The Morgan fingerprint density at radius 2 is 1.94 bits per heavy atom. The highest BCUT2D eigenvalue weighted by Gasteiger charge is 2.19. The second-order valence-corrected chi connectivity index (χ2v) is 5.13. The van der Waals surface area contributed by atoms with Crippen molar-refractivity contribution in [3.63, 3.8) is 0 Å². The van der Waals surface area contributed by atoms with E-state index < -0.39 is 17.7 Å². The van der Waals surface area contributed by atoms with E-state index in [1.807, 2.05) is 6.92 Å². The van der Waals surface area contributed by atoms with Gasteiger partial charge < -0.3 is 5.73 Å². The molecule has 2 N–H and O–H groups in total. The number of rotatable bonds is 2. The summed E-state index contributed by atoms with van der Waals surface area (Å²) < 4.78 is 27.2. The van der Waals surface area contributed by atoms with E-state index in [0.717, 1.165) is 9.88 Å². The lowest BCUT2D eigenvalue weighted by Gasteiger charge is -2.12. The Kier molecular flexibility index (Phi) is 3.22. The molecule has 2 nitrogen and oxygen atoms in total. The van der Waals surface area contributed by atoms with E-state index in [2.05, 4.69) is 4.98 Å². The molecule has 0 bridgehead atoms. The van der Waals surface area contributed by atoms with Crippen LogP contribution in [0.5, 0.6) is 0 Å². The minimum Gasteiger partial charge on any atom is -0.319 e. The molecule has 2 rings (SSSR count). The minimum absolute atomic E-state index is 0.164. The predicted octanol–water partition coefficient (Wildman–Crippen LogP) is 3.09. The first-order valence-corrected chi connectivity index (χ1v) is 5.94. The van der Waals surface area contributed by atoms with Crippen molar-refractivity contribution in [1.29, 1.82) is 0 Å². The molecule has 5 heteroatoms. The van der Waals surface area contributed by atoms with E-state index in [9.17, 15) is 8.78 Å². The Balaban J connectivity index is 2.44. The predicted molar refractivity (Wildman–Crippen MR) is 64.0 cm³/mol. The molecule has 1 heterocycles. The SMILES string of the molecule is Cc1ncc(C(N)c2ccc(C)c(F)c2F)s1. The maximum absolute atomic E-state index is 13.7. The molecule has 17 heavy (non-hydrogen) atoms. The third-order valence-corrected chi connectivity index (χ3v) is 3.58. The lowest BCUT2D eigenvalue weighted by molar-refractivity contribution is 0.490. The van der Waals surface area contributed by atoms with E-state index in [1.54, 1.807) is 6.20 Å². The van der Waals surface area contributed by atoms with Crippen molar-refractivity contribution in [2.24, 2.45) is 5.73 Å². The zero-order valence-electron chi connectivity index (χ0n) is 9.50. The summed E-state index contributed by atoms with van der Waals surface area (Å²) in [6, 6.07) is 2.38. The summed E-state index contributed by atoms with van der Waals surface area (Å²) >= 11 is 1.38. The first-order valence-electron chi connectivity index (χ1n) is 5.13. The van der Waals surface area contributed by atoms with E-state index in [4.69, 9.17) is 5.73 Å². The number of halogens is 2. The van der Waals surface area contributed by atoms with Gasteiger partial charge in [-0.3, -0.25) is 0 Å². The highest BCUT2D eigenvalue weighted by molar-refractivity contribution is 7.11. The summed E-state index contributed by atoms with van der Waals surface area (Å²) in [6.45, 7) is 3.36. The van der Waals surface area contributed by atoms with Gasteiger partial charge in [-0.15, -0.1) is 11.3 Å². The summed E-state index contributed by atoms with van der Waals surface area (Å²) in [6.07, 6.45) is 1.60. The van der Waals surface area contributed by atoms with Crippen molar-refractivity contribution in [3.8, 4) is 0 Å². The Hall–Kier alpha value is -1.33. The zero-order chi connectivity index (χ0) is 12.6. The van der Waals surface area contributed by atoms with Crippen LogP contribution in [0.3, 0.4) is 0 Å². The number of thiazole rings is 1. The fraction of sp³-hybridized carbons (Fsp3) is 0.250. The van der Waals surface area contributed by atoms with Crippen LogP contribution >= 0.6 is 11.3 Å². The molecule has 2 aromatic rings. The molecule has 1 unspecified atom stereocenters. The lowest BCUT2D eigenvalue weighted by Crippen LogP contribution is -2.13. The first-order chi connectivity index (χ1) is 8.00. The number of hydrogen-bond acceptors (Lipinski definition) is 3. The fourth-order valence-corrected chi connectivity index (χ4v) is 2.38. The largest absolute Gasteiger partial charge is 0.319 e. The standard InChI is InChI=1S/C12H12F2N2S/c1-6-3-4-8(11(14)10(6)13)12(15)9-5-16-7(2)17-9/h3-5,12H,15H2,1-2H3. The number of nitrogens with zero attached hydrogens (tertiary/aromatic N) is 1. The highest BCUT2D eigenvalue weighted by Crippen LogP contribution is 2.28. The van der Waals surface area contributed by atoms with Gasteiger partial charge in [0.05, 0.1) is 11.0 Å². The first kappa shape index (κ1) is 12.1. The van der Waals surface area contributed by atoms with Crippen molar-refractivity contribution in [1.82, 2.24) is 4.98 Å². The smallest absolute Gasteiger partial charge is 0.164 e. The van der Waals surface area contributed by atoms with Gasteiger partial charge in [-0.25, -0.2) is 13.8 Å². The molecule has 1 aromatic carbocycles. The van der Waals surface area contributed by atoms with E-state index >= 15 is 0 Å². The van der Waals surface area contributed by atoms with Crippen LogP contribution in [0.4, 0.5) is 8.78 Å². The van der Waals surface area contributed by atoms with Gasteiger partial charge in [0, 0.05) is 16.6 Å². The number of aromatic nitrogens is 1. The summed E-state index contributed by atoms with van der Waals surface area (Å²) in [5, 5.41) is 0.850. The maximum Gasteiger partial charge on any atom is 0.164 e. The average molecular weight is 254 g/mol. The van der Waals surface area contributed by atoms with Gasteiger partial charge >= 0.3 is 0 Å². The van der Waals surface area contributed by atoms with Crippen LogP contribution in [-0.4, -0.2) is 4.98 Å². The second-order valence-electron chi connectivity index (χ2n) is 3.86. The molecular formula is C12H12F2N2S. The summed E-state index contributed by atoms with van der Waals surface area (Å²) in [5.74, 6) is -1.71. The molecule has 0 aliphatic carbocycles. The number of benzene rings is 1. The quantitative estimate of drug-likeness (QED) is 0.894. The fourth-order valence-electron chi connectivity index (χ4n) is 1.58. The van der Waals surface area contributed by atoms with Crippen LogP contribution in [-0.2, 0) is 0 Å². The molecule has 0 spiro atoms. The third kappa shape index (κ3) is 2.21. The van der Waals surface area contributed by atoms with Crippen molar-refractivity contribution in [3.05, 3.63) is 51.0 Å². The van der Waals surface area contributed by atoms with Gasteiger partial charge in [-0.05, 0) is 19.4 Å². The molecule has 0 radical (unpaired) electrons. The molecule has 0 amide bonds. The van der Waals surface area contributed by atoms with E-state index in [1.165, 1.54) is 30.4 Å². The van der Waals surface area contributed by atoms with Crippen LogP contribution in [0.2, 0.25) is 0 Å². The lowest BCUT2D eigenvalue weighted by atomic mass is 10.0. The van der Waals surface area contributed by atoms with Crippen molar-refractivity contribution >= 4 is 11.3 Å². The second kappa shape index (κ2) is 4.50. The van der Waals surface area contributed by atoms with E-state index in [-0.39, 0.29) is 11.1 Å². The Morgan fingerprint density at radius 3 is 2.53 bits per heavy atom. The number of hydrogen-bond donors (Lipinski definition) is 1. The molecule has 0 saturated carbocycles. The van der Waals surface area contributed by atoms with Crippen molar-refractivity contribution in [2.45, 2.75) is 19.9 Å². The molecule has 0 fully saturated rings.